The zero-order valence-corrected chi connectivity index (χ0v) is 12.4. The first-order chi connectivity index (χ1) is 9.91. The van der Waals surface area contributed by atoms with Gasteiger partial charge in [0.05, 0.1) is 6.10 Å². The monoisotopic (exact) mass is 298 g/mol. The van der Waals surface area contributed by atoms with Gasteiger partial charge in [-0.1, -0.05) is 0 Å². The van der Waals surface area contributed by atoms with Crippen LogP contribution in [-0.4, -0.2) is 42.3 Å². The highest BCUT2D eigenvalue weighted by atomic mass is 16.5. The molecule has 1 unspecified atom stereocenters. The van der Waals surface area contributed by atoms with E-state index in [2.05, 4.69) is 10.6 Å². The fourth-order valence-electron chi connectivity index (χ4n) is 1.95. The van der Waals surface area contributed by atoms with Crippen LogP contribution >= 0.6 is 0 Å². The van der Waals surface area contributed by atoms with Gasteiger partial charge in [-0.2, -0.15) is 0 Å². The Morgan fingerprint density at radius 3 is 2.48 bits per heavy atom. The lowest BCUT2D eigenvalue weighted by atomic mass is 10.1. The highest BCUT2D eigenvalue weighted by molar-refractivity contribution is 6.07. The number of urea groups is 1. The lowest BCUT2D eigenvalue weighted by molar-refractivity contribution is -0.133. The third-order valence-corrected chi connectivity index (χ3v) is 3.48. The molecule has 1 aliphatic rings. The molecule has 21 heavy (non-hydrogen) atoms. The van der Waals surface area contributed by atoms with Gasteiger partial charge in [-0.05, 0) is 39.5 Å². The van der Waals surface area contributed by atoms with Crippen molar-refractivity contribution in [1.29, 1.82) is 0 Å². The summed E-state index contributed by atoms with van der Waals surface area (Å²) in [5.41, 5.74) is -0.0795. The Labute approximate surface area is 123 Å². The van der Waals surface area contributed by atoms with Crippen LogP contribution in [0.3, 0.4) is 0 Å². The van der Waals surface area contributed by atoms with Crippen molar-refractivity contribution in [3.8, 4) is 0 Å². The number of imide groups is 1. The molecule has 1 atom stereocenters. The molecule has 3 N–H and O–H groups in total. The molecule has 0 bridgehead atoms. The molecule has 0 saturated carbocycles. The van der Waals surface area contributed by atoms with E-state index in [1.165, 1.54) is 13.8 Å². The van der Waals surface area contributed by atoms with Crippen LogP contribution in [0.4, 0.5) is 4.79 Å². The molecule has 7 nitrogen and oxygen atoms in total. The standard InChI is InChI=1S/C14H22N2O5/c1-9(10(2)13(18)19)12(17)16-14(20)15-7-6-11-5-3-4-8-21-11/h11H,3-8H2,1-2H3,(H,18,19)(H2,15,16,17,20). The van der Waals surface area contributed by atoms with Crippen LogP contribution in [-0.2, 0) is 14.3 Å². The largest absolute Gasteiger partial charge is 0.478 e. The number of aliphatic carboxylic acids is 1. The fraction of sp³-hybridized carbons (Fsp3) is 0.643. The Morgan fingerprint density at radius 2 is 1.90 bits per heavy atom. The van der Waals surface area contributed by atoms with Crippen LogP contribution in [0.2, 0.25) is 0 Å². The van der Waals surface area contributed by atoms with Gasteiger partial charge in [0.15, 0.2) is 0 Å². The van der Waals surface area contributed by atoms with Crippen molar-refractivity contribution in [2.75, 3.05) is 13.2 Å². The molecule has 118 valence electrons. The molecule has 0 aliphatic carbocycles. The number of hydrogen-bond donors (Lipinski definition) is 3. The summed E-state index contributed by atoms with van der Waals surface area (Å²) in [5.74, 6) is -1.89. The van der Waals surface area contributed by atoms with Crippen molar-refractivity contribution in [1.82, 2.24) is 10.6 Å². The van der Waals surface area contributed by atoms with Gasteiger partial charge in [-0.25, -0.2) is 9.59 Å². The summed E-state index contributed by atoms with van der Waals surface area (Å²) in [7, 11) is 0. The maximum Gasteiger partial charge on any atom is 0.331 e. The first-order valence-corrected chi connectivity index (χ1v) is 7.03. The normalized spacial score (nSPS) is 19.4. The number of carbonyl (C=O) groups excluding carboxylic acids is 2. The van der Waals surface area contributed by atoms with Crippen LogP contribution in [0.15, 0.2) is 11.1 Å². The Morgan fingerprint density at radius 1 is 1.19 bits per heavy atom. The van der Waals surface area contributed by atoms with E-state index in [1.54, 1.807) is 0 Å². The highest BCUT2D eigenvalue weighted by Crippen LogP contribution is 2.14. The van der Waals surface area contributed by atoms with Crippen molar-refractivity contribution in [2.45, 2.75) is 45.6 Å². The van der Waals surface area contributed by atoms with Gasteiger partial charge in [0, 0.05) is 24.3 Å². The number of nitrogens with one attached hydrogen (secondary N) is 2. The number of carbonyl (C=O) groups is 3. The summed E-state index contributed by atoms with van der Waals surface area (Å²) in [5, 5.41) is 13.4. The molecule has 3 amide bonds. The minimum Gasteiger partial charge on any atom is -0.478 e. The number of amides is 3. The number of carboxylic acids is 1. The molecular formula is C14H22N2O5. The van der Waals surface area contributed by atoms with Gasteiger partial charge < -0.3 is 15.2 Å². The van der Waals surface area contributed by atoms with Crippen molar-refractivity contribution in [3.63, 3.8) is 0 Å². The molecule has 0 aromatic heterocycles. The molecule has 1 heterocycles. The summed E-state index contributed by atoms with van der Waals surface area (Å²) in [6.07, 6.45) is 4.05. The van der Waals surface area contributed by atoms with Gasteiger partial charge in [-0.15, -0.1) is 0 Å². The van der Waals surface area contributed by atoms with Gasteiger partial charge >= 0.3 is 12.0 Å². The Kier molecular flexibility index (Phi) is 6.87. The zero-order chi connectivity index (χ0) is 15.8. The van der Waals surface area contributed by atoms with E-state index in [4.69, 9.17) is 9.84 Å². The van der Waals surface area contributed by atoms with Gasteiger partial charge in [-0.3, -0.25) is 10.1 Å². The minimum atomic E-state index is -1.18. The third kappa shape index (κ3) is 5.95. The topological polar surface area (TPSA) is 105 Å². The molecule has 0 aromatic rings. The molecular weight excluding hydrogens is 276 g/mol. The SMILES string of the molecule is CC(C(=O)O)=C(C)C(=O)NC(=O)NCCC1CCCCO1. The minimum absolute atomic E-state index is 0.00765. The lowest BCUT2D eigenvalue weighted by Gasteiger charge is -2.22. The molecule has 0 spiro atoms. The Balaban J connectivity index is 2.31. The molecule has 1 fully saturated rings. The van der Waals surface area contributed by atoms with E-state index in [0.717, 1.165) is 25.9 Å². The second-order valence-corrected chi connectivity index (χ2v) is 5.04. The summed E-state index contributed by atoms with van der Waals surface area (Å²) in [4.78, 5) is 33.9. The first kappa shape index (κ1) is 17.2. The maximum atomic E-state index is 11.6. The van der Waals surface area contributed by atoms with Crippen LogP contribution in [0.1, 0.15) is 39.5 Å². The van der Waals surface area contributed by atoms with Gasteiger partial charge in [0.1, 0.15) is 0 Å². The summed E-state index contributed by atoms with van der Waals surface area (Å²) in [6, 6.07) is -0.631. The average Bonchev–Trinajstić information content (AvgIpc) is 2.46. The van der Waals surface area contributed by atoms with Crippen LogP contribution in [0, 0.1) is 0 Å². The number of hydrogen-bond acceptors (Lipinski definition) is 4. The smallest absolute Gasteiger partial charge is 0.331 e. The fourth-order valence-corrected chi connectivity index (χ4v) is 1.95. The maximum absolute atomic E-state index is 11.6. The van der Waals surface area contributed by atoms with Crippen LogP contribution in [0.5, 0.6) is 0 Å². The lowest BCUT2D eigenvalue weighted by Crippen LogP contribution is -2.41. The van der Waals surface area contributed by atoms with Gasteiger partial charge in [0.2, 0.25) is 0 Å². The summed E-state index contributed by atoms with van der Waals surface area (Å²) in [6.45, 7) is 3.84. The average molecular weight is 298 g/mol. The Hall–Kier alpha value is -1.89. The summed E-state index contributed by atoms with van der Waals surface area (Å²) >= 11 is 0. The van der Waals surface area contributed by atoms with E-state index in [1.807, 2.05) is 0 Å². The molecule has 7 heteroatoms. The summed E-state index contributed by atoms with van der Waals surface area (Å²) < 4.78 is 5.53. The number of rotatable bonds is 5. The van der Waals surface area contributed by atoms with Crippen molar-refractivity contribution < 1.29 is 24.2 Å². The van der Waals surface area contributed by atoms with E-state index in [9.17, 15) is 14.4 Å². The predicted molar refractivity (Wildman–Crippen MR) is 75.8 cm³/mol. The van der Waals surface area contributed by atoms with Crippen molar-refractivity contribution >= 4 is 17.9 Å². The Bertz CT molecular complexity index is 439. The molecule has 0 aromatic carbocycles. The van der Waals surface area contributed by atoms with Crippen LogP contribution in [0.25, 0.3) is 0 Å². The zero-order valence-electron chi connectivity index (χ0n) is 12.4. The molecule has 1 saturated heterocycles. The second-order valence-electron chi connectivity index (χ2n) is 5.04. The number of ether oxygens (including phenoxy) is 1. The van der Waals surface area contributed by atoms with Crippen molar-refractivity contribution in [2.24, 2.45) is 0 Å². The van der Waals surface area contributed by atoms with E-state index in [-0.39, 0.29) is 17.3 Å². The van der Waals surface area contributed by atoms with E-state index in [0.29, 0.717) is 13.0 Å². The third-order valence-electron chi connectivity index (χ3n) is 3.48. The van der Waals surface area contributed by atoms with E-state index < -0.39 is 17.9 Å². The van der Waals surface area contributed by atoms with Gasteiger partial charge in [0.25, 0.3) is 5.91 Å². The molecule has 1 aliphatic heterocycles. The predicted octanol–water partition coefficient (Wildman–Crippen LogP) is 1.19. The van der Waals surface area contributed by atoms with E-state index >= 15 is 0 Å². The first-order valence-electron chi connectivity index (χ1n) is 7.03. The highest BCUT2D eigenvalue weighted by Gasteiger charge is 2.16. The van der Waals surface area contributed by atoms with Crippen molar-refractivity contribution in [3.05, 3.63) is 11.1 Å². The molecule has 1 rings (SSSR count). The molecule has 0 radical (unpaired) electrons. The quantitative estimate of drug-likeness (QED) is 0.661. The van der Waals surface area contributed by atoms with Crippen LogP contribution < -0.4 is 10.6 Å². The number of carboxylic acid groups (broad SMARTS) is 1. The second kappa shape index (κ2) is 8.41.